The average molecular weight is 231 g/mol. The van der Waals surface area contributed by atoms with E-state index in [4.69, 9.17) is 0 Å². The van der Waals surface area contributed by atoms with Crippen molar-refractivity contribution >= 4 is 11.8 Å². The fourth-order valence-corrected chi connectivity index (χ4v) is 2.35. The number of hydrogen-bond donors (Lipinski definition) is 2. The quantitative estimate of drug-likeness (QED) is 0.737. The van der Waals surface area contributed by atoms with Crippen molar-refractivity contribution in [2.75, 3.05) is 5.75 Å². The summed E-state index contributed by atoms with van der Waals surface area (Å²) in [5, 5.41) is 16.5. The monoisotopic (exact) mass is 231 g/mol. The summed E-state index contributed by atoms with van der Waals surface area (Å²) in [6.07, 6.45) is 0.669. The number of nitrogens with one attached hydrogen (secondary N) is 1. The molecule has 0 saturated carbocycles. The zero-order chi connectivity index (χ0) is 11.5. The van der Waals surface area contributed by atoms with Gasteiger partial charge in [-0.15, -0.1) is 5.10 Å². The first kappa shape index (κ1) is 12.3. The first-order chi connectivity index (χ1) is 6.94. The van der Waals surface area contributed by atoms with Crippen molar-refractivity contribution in [3.8, 4) is 0 Å². The van der Waals surface area contributed by atoms with Crippen LogP contribution in [0.15, 0.2) is 9.95 Å². The van der Waals surface area contributed by atoms with Crippen molar-refractivity contribution in [2.45, 2.75) is 44.5 Å². The highest BCUT2D eigenvalue weighted by Crippen LogP contribution is 2.18. The van der Waals surface area contributed by atoms with E-state index in [0.717, 1.165) is 5.75 Å². The molecule has 0 fully saturated rings. The zero-order valence-corrected chi connectivity index (χ0v) is 10.1. The Morgan fingerprint density at radius 1 is 1.60 bits per heavy atom. The van der Waals surface area contributed by atoms with Crippen LogP contribution < -0.4 is 5.69 Å². The third-order valence-corrected chi connectivity index (χ3v) is 2.96. The molecule has 6 heteroatoms. The molecular formula is C9H17N3O2S. The van der Waals surface area contributed by atoms with Crippen molar-refractivity contribution in [3.05, 3.63) is 10.5 Å². The van der Waals surface area contributed by atoms with Gasteiger partial charge in [-0.1, -0.05) is 11.8 Å². The third-order valence-electron chi connectivity index (χ3n) is 1.98. The number of rotatable bonds is 5. The van der Waals surface area contributed by atoms with Gasteiger partial charge in [0.15, 0.2) is 5.16 Å². The van der Waals surface area contributed by atoms with Crippen LogP contribution in [-0.2, 0) is 6.54 Å². The molecule has 0 spiro atoms. The lowest BCUT2D eigenvalue weighted by Gasteiger charge is -2.15. The van der Waals surface area contributed by atoms with Crippen LogP contribution in [0.4, 0.5) is 0 Å². The van der Waals surface area contributed by atoms with Gasteiger partial charge in [0, 0.05) is 12.3 Å². The number of aliphatic hydroxyl groups is 1. The van der Waals surface area contributed by atoms with E-state index in [-0.39, 0.29) is 5.69 Å². The number of aromatic nitrogens is 3. The maximum absolute atomic E-state index is 11.2. The van der Waals surface area contributed by atoms with Crippen LogP contribution >= 0.6 is 11.8 Å². The molecule has 1 rings (SSSR count). The van der Waals surface area contributed by atoms with Crippen LogP contribution in [0, 0.1) is 0 Å². The Morgan fingerprint density at radius 2 is 2.27 bits per heavy atom. The Balaban J connectivity index is 2.55. The standard InChI is InChI=1S/C9H17N3O2S/c1-4-12-7(13)10-11-8(12)15-6-5-9(2,3)14/h14H,4-6H2,1-3H3,(H,10,13). The number of aromatic amines is 1. The summed E-state index contributed by atoms with van der Waals surface area (Å²) in [7, 11) is 0. The summed E-state index contributed by atoms with van der Waals surface area (Å²) in [5.41, 5.74) is -0.844. The summed E-state index contributed by atoms with van der Waals surface area (Å²) in [5.74, 6) is 0.744. The van der Waals surface area contributed by atoms with Gasteiger partial charge >= 0.3 is 5.69 Å². The molecule has 1 aromatic rings. The van der Waals surface area contributed by atoms with E-state index in [0.29, 0.717) is 18.1 Å². The van der Waals surface area contributed by atoms with Gasteiger partial charge in [-0.05, 0) is 27.2 Å². The lowest BCUT2D eigenvalue weighted by molar-refractivity contribution is 0.0777. The molecule has 0 unspecified atom stereocenters. The van der Waals surface area contributed by atoms with E-state index in [1.807, 2.05) is 6.92 Å². The fourth-order valence-electron chi connectivity index (χ4n) is 1.08. The van der Waals surface area contributed by atoms with Crippen LogP contribution in [0.2, 0.25) is 0 Å². The largest absolute Gasteiger partial charge is 0.390 e. The highest BCUT2D eigenvalue weighted by molar-refractivity contribution is 7.99. The second kappa shape index (κ2) is 4.85. The van der Waals surface area contributed by atoms with Crippen molar-refractivity contribution in [1.82, 2.24) is 14.8 Å². The van der Waals surface area contributed by atoms with Crippen molar-refractivity contribution < 1.29 is 5.11 Å². The van der Waals surface area contributed by atoms with E-state index in [9.17, 15) is 9.90 Å². The first-order valence-corrected chi connectivity index (χ1v) is 5.93. The summed E-state index contributed by atoms with van der Waals surface area (Å²) in [6, 6.07) is 0. The molecule has 2 N–H and O–H groups in total. The molecule has 0 aliphatic rings. The number of thioether (sulfide) groups is 1. The summed E-state index contributed by atoms with van der Waals surface area (Å²) in [6.45, 7) is 6.05. The SMILES string of the molecule is CCn1c(SCCC(C)(C)O)n[nH]c1=O. The molecule has 0 atom stereocenters. The highest BCUT2D eigenvalue weighted by Gasteiger charge is 2.13. The Bertz CT molecular complexity index is 364. The van der Waals surface area contributed by atoms with Crippen molar-refractivity contribution in [2.24, 2.45) is 0 Å². The van der Waals surface area contributed by atoms with Crippen LogP contribution in [0.5, 0.6) is 0 Å². The summed E-state index contributed by atoms with van der Waals surface area (Å²) >= 11 is 1.48. The predicted molar refractivity (Wildman–Crippen MR) is 60.2 cm³/mol. The number of nitrogens with zero attached hydrogens (tertiary/aromatic N) is 2. The van der Waals surface area contributed by atoms with Gasteiger partial charge in [0.1, 0.15) is 0 Å². The molecule has 86 valence electrons. The molecule has 0 aliphatic carbocycles. The number of hydrogen-bond acceptors (Lipinski definition) is 4. The Hall–Kier alpha value is -0.750. The topological polar surface area (TPSA) is 70.9 Å². The van der Waals surface area contributed by atoms with Gasteiger partial charge < -0.3 is 5.11 Å². The lowest BCUT2D eigenvalue weighted by atomic mass is 10.1. The number of H-pyrrole nitrogens is 1. The average Bonchev–Trinajstić information content (AvgIpc) is 2.44. The van der Waals surface area contributed by atoms with Crippen LogP contribution in [0.1, 0.15) is 27.2 Å². The summed E-state index contributed by atoms with van der Waals surface area (Å²) < 4.78 is 1.58. The Labute approximate surface area is 92.9 Å². The van der Waals surface area contributed by atoms with Gasteiger partial charge in [-0.2, -0.15) is 0 Å². The van der Waals surface area contributed by atoms with Gasteiger partial charge in [-0.3, -0.25) is 4.57 Å². The minimum absolute atomic E-state index is 0.178. The van der Waals surface area contributed by atoms with E-state index >= 15 is 0 Å². The summed E-state index contributed by atoms with van der Waals surface area (Å²) in [4.78, 5) is 11.2. The molecular weight excluding hydrogens is 214 g/mol. The minimum Gasteiger partial charge on any atom is -0.390 e. The normalized spacial score (nSPS) is 12.0. The van der Waals surface area contributed by atoms with Crippen LogP contribution in [-0.4, -0.2) is 31.2 Å². The third kappa shape index (κ3) is 3.71. The molecule has 0 aliphatic heterocycles. The Kier molecular flexibility index (Phi) is 3.98. The molecule has 5 nitrogen and oxygen atoms in total. The second-order valence-electron chi connectivity index (χ2n) is 3.97. The maximum atomic E-state index is 11.2. The Morgan fingerprint density at radius 3 is 2.80 bits per heavy atom. The van der Waals surface area contributed by atoms with Gasteiger partial charge in [0.25, 0.3) is 0 Å². The van der Waals surface area contributed by atoms with Crippen LogP contribution in [0.25, 0.3) is 0 Å². The predicted octanol–water partition coefficient (Wildman–Crippen LogP) is 0.844. The fraction of sp³-hybridized carbons (Fsp3) is 0.778. The molecule has 1 aromatic heterocycles. The highest BCUT2D eigenvalue weighted by atomic mass is 32.2. The second-order valence-corrected chi connectivity index (χ2v) is 5.03. The molecule has 0 bridgehead atoms. The van der Waals surface area contributed by atoms with Crippen molar-refractivity contribution in [1.29, 1.82) is 0 Å². The molecule has 0 amide bonds. The van der Waals surface area contributed by atoms with Gasteiger partial charge in [0.2, 0.25) is 0 Å². The molecule has 0 aromatic carbocycles. The smallest absolute Gasteiger partial charge is 0.343 e. The van der Waals surface area contributed by atoms with Crippen LogP contribution in [0.3, 0.4) is 0 Å². The lowest BCUT2D eigenvalue weighted by Crippen LogP contribution is -2.19. The first-order valence-electron chi connectivity index (χ1n) is 4.94. The molecule has 15 heavy (non-hydrogen) atoms. The minimum atomic E-state index is -0.666. The van der Waals surface area contributed by atoms with E-state index < -0.39 is 5.60 Å². The molecule has 0 radical (unpaired) electrons. The van der Waals surface area contributed by atoms with Gasteiger partial charge in [0.05, 0.1) is 5.60 Å². The zero-order valence-electron chi connectivity index (χ0n) is 9.28. The molecule has 0 saturated heterocycles. The van der Waals surface area contributed by atoms with E-state index in [2.05, 4.69) is 10.2 Å². The van der Waals surface area contributed by atoms with E-state index in [1.54, 1.807) is 18.4 Å². The maximum Gasteiger partial charge on any atom is 0.343 e. The van der Waals surface area contributed by atoms with Crippen molar-refractivity contribution in [3.63, 3.8) is 0 Å². The van der Waals surface area contributed by atoms with Gasteiger partial charge in [-0.25, -0.2) is 9.89 Å². The van der Waals surface area contributed by atoms with E-state index in [1.165, 1.54) is 11.8 Å². The molecule has 1 heterocycles.